The van der Waals surface area contributed by atoms with Crippen LogP contribution in [-0.2, 0) is 0 Å². The molecule has 0 aliphatic carbocycles. The Kier molecular flexibility index (Phi) is 7.82. The Morgan fingerprint density at radius 1 is 0.316 bits per heavy atom. The Morgan fingerprint density at radius 3 is 1.44 bits per heavy atom. The molecule has 0 aliphatic rings. The Labute approximate surface area is 330 Å². The number of furan rings is 1. The van der Waals surface area contributed by atoms with Gasteiger partial charge in [-0.2, -0.15) is 0 Å². The number of rotatable bonds is 7. The van der Waals surface area contributed by atoms with Gasteiger partial charge in [0.15, 0.2) is 5.58 Å². The van der Waals surface area contributed by atoms with Crippen LogP contribution in [0.4, 0.5) is 34.1 Å². The molecule has 268 valence electrons. The second-order valence-corrected chi connectivity index (χ2v) is 14.5. The van der Waals surface area contributed by atoms with Gasteiger partial charge in [-0.15, -0.1) is 0 Å². The predicted octanol–water partition coefficient (Wildman–Crippen LogP) is 15.7. The largest absolute Gasteiger partial charge is 0.454 e. The van der Waals surface area contributed by atoms with Gasteiger partial charge in [-0.1, -0.05) is 152 Å². The molecule has 57 heavy (non-hydrogen) atoms. The van der Waals surface area contributed by atoms with Gasteiger partial charge < -0.3 is 14.2 Å². The lowest BCUT2D eigenvalue weighted by Gasteiger charge is -2.27. The van der Waals surface area contributed by atoms with E-state index in [9.17, 15) is 0 Å². The molecule has 0 spiro atoms. The molecule has 0 saturated carbocycles. The molecule has 0 bridgehead atoms. The van der Waals surface area contributed by atoms with Crippen molar-refractivity contribution >= 4 is 88.4 Å². The summed E-state index contributed by atoms with van der Waals surface area (Å²) in [6.45, 7) is 0. The van der Waals surface area contributed by atoms with Crippen LogP contribution in [0.3, 0.4) is 0 Å². The Bertz CT molecular complexity index is 3190. The number of fused-ring (bicyclic) bond motifs is 8. The summed E-state index contributed by atoms with van der Waals surface area (Å²) in [7, 11) is 0. The van der Waals surface area contributed by atoms with Crippen molar-refractivity contribution in [1.29, 1.82) is 0 Å². The number of benzene rings is 10. The fourth-order valence-electron chi connectivity index (χ4n) is 8.64. The molecule has 3 heteroatoms. The van der Waals surface area contributed by atoms with Crippen molar-refractivity contribution in [2.75, 3.05) is 9.80 Å². The van der Waals surface area contributed by atoms with Crippen molar-refractivity contribution in [3.05, 3.63) is 218 Å². The number of hydrogen-bond acceptors (Lipinski definition) is 3. The molecule has 0 atom stereocenters. The quantitative estimate of drug-likeness (QED) is 0.163. The minimum Gasteiger partial charge on any atom is -0.454 e. The highest BCUT2D eigenvalue weighted by molar-refractivity contribution is 6.29. The molecular formula is C54H36N2O. The van der Waals surface area contributed by atoms with Gasteiger partial charge in [0.25, 0.3) is 0 Å². The maximum atomic E-state index is 6.91. The van der Waals surface area contributed by atoms with Crippen molar-refractivity contribution in [1.82, 2.24) is 0 Å². The van der Waals surface area contributed by atoms with Crippen LogP contribution in [0.15, 0.2) is 223 Å². The Morgan fingerprint density at radius 2 is 0.807 bits per heavy atom. The van der Waals surface area contributed by atoms with Gasteiger partial charge in [0.05, 0.1) is 11.4 Å². The topological polar surface area (TPSA) is 19.6 Å². The highest BCUT2D eigenvalue weighted by Crippen LogP contribution is 2.48. The molecule has 0 aliphatic heterocycles. The first-order chi connectivity index (χ1) is 28.3. The number of nitrogens with zero attached hydrogens (tertiary/aromatic N) is 2. The third kappa shape index (κ3) is 5.51. The minimum atomic E-state index is 0.871. The van der Waals surface area contributed by atoms with Crippen LogP contribution >= 0.6 is 0 Å². The molecule has 11 rings (SSSR count). The first-order valence-corrected chi connectivity index (χ1v) is 19.4. The van der Waals surface area contributed by atoms with Gasteiger partial charge >= 0.3 is 0 Å². The molecule has 11 aromatic rings. The van der Waals surface area contributed by atoms with Crippen molar-refractivity contribution in [3.8, 4) is 11.1 Å². The monoisotopic (exact) mass is 728 g/mol. The average Bonchev–Trinajstić information content (AvgIpc) is 3.69. The normalized spacial score (nSPS) is 11.5. The van der Waals surface area contributed by atoms with E-state index in [1.54, 1.807) is 0 Å². The molecule has 0 amide bonds. The van der Waals surface area contributed by atoms with Gasteiger partial charge in [-0.05, 0) is 105 Å². The van der Waals surface area contributed by atoms with Crippen LogP contribution in [0, 0.1) is 0 Å². The molecule has 1 heterocycles. The fraction of sp³-hybridized carbons (Fsp3) is 0. The van der Waals surface area contributed by atoms with Crippen molar-refractivity contribution < 1.29 is 4.42 Å². The second-order valence-electron chi connectivity index (χ2n) is 14.5. The van der Waals surface area contributed by atoms with Crippen molar-refractivity contribution in [2.24, 2.45) is 0 Å². The summed E-state index contributed by atoms with van der Waals surface area (Å²) in [5.41, 5.74) is 10.6. The van der Waals surface area contributed by atoms with E-state index >= 15 is 0 Å². The van der Waals surface area contributed by atoms with Crippen LogP contribution in [-0.4, -0.2) is 0 Å². The van der Waals surface area contributed by atoms with E-state index in [-0.39, 0.29) is 0 Å². The zero-order chi connectivity index (χ0) is 37.7. The van der Waals surface area contributed by atoms with Gasteiger partial charge in [0.1, 0.15) is 5.58 Å². The summed E-state index contributed by atoms with van der Waals surface area (Å²) in [6, 6.07) is 77.9. The lowest BCUT2D eigenvalue weighted by Crippen LogP contribution is -2.10. The predicted molar refractivity (Wildman–Crippen MR) is 241 cm³/mol. The van der Waals surface area contributed by atoms with Crippen LogP contribution in [0.5, 0.6) is 0 Å². The number of anilines is 6. The zero-order valence-electron chi connectivity index (χ0n) is 31.1. The molecule has 10 aromatic carbocycles. The van der Waals surface area contributed by atoms with E-state index in [2.05, 4.69) is 228 Å². The fourth-order valence-corrected chi connectivity index (χ4v) is 8.64. The second kappa shape index (κ2) is 13.6. The highest BCUT2D eigenvalue weighted by atomic mass is 16.3. The molecule has 0 unspecified atom stereocenters. The summed E-state index contributed by atoms with van der Waals surface area (Å²) in [5, 5.41) is 9.42. The summed E-state index contributed by atoms with van der Waals surface area (Å²) in [5.74, 6) is 0. The summed E-state index contributed by atoms with van der Waals surface area (Å²) in [6.07, 6.45) is 0. The van der Waals surface area contributed by atoms with Crippen LogP contribution < -0.4 is 9.80 Å². The van der Waals surface area contributed by atoms with Gasteiger partial charge in [-0.3, -0.25) is 0 Å². The summed E-state index contributed by atoms with van der Waals surface area (Å²) < 4.78 is 6.91. The first kappa shape index (κ1) is 32.8. The van der Waals surface area contributed by atoms with E-state index in [0.717, 1.165) is 61.6 Å². The maximum absolute atomic E-state index is 6.91. The zero-order valence-corrected chi connectivity index (χ0v) is 31.1. The molecule has 3 nitrogen and oxygen atoms in total. The Hall–Kier alpha value is -7.62. The van der Waals surface area contributed by atoms with E-state index in [0.29, 0.717) is 0 Å². The lowest BCUT2D eigenvalue weighted by atomic mass is 9.96. The van der Waals surface area contributed by atoms with E-state index in [1.165, 1.54) is 37.9 Å². The maximum Gasteiger partial charge on any atom is 0.160 e. The lowest BCUT2D eigenvalue weighted by molar-refractivity contribution is 0.669. The van der Waals surface area contributed by atoms with Crippen LogP contribution in [0.25, 0.3) is 65.4 Å². The molecule has 0 N–H and O–H groups in total. The van der Waals surface area contributed by atoms with Gasteiger partial charge in [0, 0.05) is 38.9 Å². The van der Waals surface area contributed by atoms with Gasteiger partial charge in [0.2, 0.25) is 0 Å². The van der Waals surface area contributed by atoms with Crippen molar-refractivity contribution in [2.45, 2.75) is 0 Å². The van der Waals surface area contributed by atoms with Crippen LogP contribution in [0.1, 0.15) is 0 Å². The average molecular weight is 729 g/mol. The third-order valence-corrected chi connectivity index (χ3v) is 11.2. The SMILES string of the molecule is c1ccc(N(c2ccccc2)c2ccc(-c3ccc(N(c4ccccc4)c4cc5ccccc5c5c4oc4ccc6ccccc6c45)cc3)c3ccccc23)cc1. The van der Waals surface area contributed by atoms with E-state index in [4.69, 9.17) is 4.42 Å². The molecule has 0 radical (unpaired) electrons. The van der Waals surface area contributed by atoms with E-state index < -0.39 is 0 Å². The summed E-state index contributed by atoms with van der Waals surface area (Å²) in [4.78, 5) is 4.68. The van der Waals surface area contributed by atoms with Crippen molar-refractivity contribution in [3.63, 3.8) is 0 Å². The third-order valence-electron chi connectivity index (χ3n) is 11.2. The Balaban J connectivity index is 1.08. The smallest absolute Gasteiger partial charge is 0.160 e. The molecular weight excluding hydrogens is 693 g/mol. The molecule has 1 aromatic heterocycles. The first-order valence-electron chi connectivity index (χ1n) is 19.4. The minimum absolute atomic E-state index is 0.871. The summed E-state index contributed by atoms with van der Waals surface area (Å²) >= 11 is 0. The van der Waals surface area contributed by atoms with E-state index in [1.807, 2.05) is 0 Å². The highest BCUT2D eigenvalue weighted by Gasteiger charge is 2.23. The van der Waals surface area contributed by atoms with Gasteiger partial charge in [-0.25, -0.2) is 0 Å². The van der Waals surface area contributed by atoms with Crippen LogP contribution in [0.2, 0.25) is 0 Å². The molecule has 0 saturated heterocycles. The number of para-hydroxylation sites is 3. The number of hydrogen-bond donors (Lipinski definition) is 0. The molecule has 0 fully saturated rings. The standard InChI is InChI=1S/C54H36N2O/c1-4-18-40(19-5-1)55(41-20-6-2-7-21-41)49-34-33-44(47-26-14-15-27-48(47)49)38-28-31-43(32-29-38)56(42-22-8-3-9-23-42)50-36-39-17-11-13-25-46(39)53-52-45-24-12-10-16-37(45)30-35-51(52)57-54(50)53/h1-36H.